The molecule has 0 radical (unpaired) electrons. The highest BCUT2D eigenvalue weighted by Gasteiger charge is 2.28. The average Bonchev–Trinajstić information content (AvgIpc) is 2.95. The lowest BCUT2D eigenvalue weighted by Crippen LogP contribution is -2.21. The van der Waals surface area contributed by atoms with Gasteiger partial charge in [-0.1, -0.05) is 30.8 Å². The zero-order chi connectivity index (χ0) is 16.7. The van der Waals surface area contributed by atoms with Gasteiger partial charge in [-0.25, -0.2) is 13.9 Å². The zero-order valence-electron chi connectivity index (χ0n) is 13.1. The first-order valence-corrected chi connectivity index (χ1v) is 8.80. The third kappa shape index (κ3) is 2.69. The van der Waals surface area contributed by atoms with Gasteiger partial charge in [0.05, 0.1) is 11.3 Å². The Morgan fingerprint density at radius 2 is 2.04 bits per heavy atom. The Morgan fingerprint density at radius 1 is 1.25 bits per heavy atom. The third-order valence-electron chi connectivity index (χ3n) is 4.18. The molecule has 0 spiro atoms. The fraction of sp³-hybridized carbons (Fsp3) is 0.294. The van der Waals surface area contributed by atoms with Gasteiger partial charge in [-0.3, -0.25) is 4.79 Å². The van der Waals surface area contributed by atoms with Crippen LogP contribution in [0.4, 0.5) is 4.39 Å². The Morgan fingerprint density at radius 3 is 2.79 bits per heavy atom. The van der Waals surface area contributed by atoms with Crippen molar-refractivity contribution < 1.29 is 9.18 Å². The molecule has 1 aliphatic carbocycles. The third-order valence-corrected chi connectivity index (χ3v) is 4.90. The zero-order valence-corrected chi connectivity index (χ0v) is 13.9. The highest BCUT2D eigenvalue weighted by molar-refractivity contribution is 7.99. The minimum atomic E-state index is -0.273. The topological polar surface area (TPSA) is 60.1 Å². The van der Waals surface area contributed by atoms with Crippen LogP contribution < -0.4 is 0 Å². The Bertz CT molecular complexity index is 922. The van der Waals surface area contributed by atoms with Gasteiger partial charge in [0, 0.05) is 12.6 Å². The molecule has 1 aromatic carbocycles. The number of thioether (sulfide) groups is 1. The van der Waals surface area contributed by atoms with Gasteiger partial charge in [-0.05, 0) is 35.8 Å². The number of carbonyl (C=O) groups excluding carboxylic acids is 1. The van der Waals surface area contributed by atoms with Crippen molar-refractivity contribution in [3.63, 3.8) is 0 Å². The summed E-state index contributed by atoms with van der Waals surface area (Å²) < 4.78 is 14.7. The van der Waals surface area contributed by atoms with Crippen LogP contribution in [0.2, 0.25) is 0 Å². The molecule has 0 N–H and O–H groups in total. The molecule has 1 aliphatic rings. The van der Waals surface area contributed by atoms with Gasteiger partial charge in [-0.2, -0.15) is 4.98 Å². The van der Waals surface area contributed by atoms with Crippen molar-refractivity contribution in [2.75, 3.05) is 5.75 Å². The minimum absolute atomic E-state index is 0.0213. The van der Waals surface area contributed by atoms with E-state index in [2.05, 4.69) is 15.1 Å². The number of hydrogen-bond acceptors (Lipinski definition) is 5. The van der Waals surface area contributed by atoms with Crippen LogP contribution >= 0.6 is 11.8 Å². The molecule has 0 aliphatic heterocycles. The van der Waals surface area contributed by atoms with Crippen LogP contribution in [0.1, 0.15) is 40.9 Å². The maximum absolute atomic E-state index is 13.1. The van der Waals surface area contributed by atoms with Gasteiger partial charge in [0.25, 0.3) is 5.78 Å². The molecular formula is C17H15FN4OS. The molecule has 0 saturated carbocycles. The van der Waals surface area contributed by atoms with E-state index in [1.165, 1.54) is 23.9 Å². The van der Waals surface area contributed by atoms with Gasteiger partial charge < -0.3 is 0 Å². The minimum Gasteiger partial charge on any atom is -0.294 e. The summed E-state index contributed by atoms with van der Waals surface area (Å²) in [5.74, 6) is 1.18. The smallest absolute Gasteiger partial charge is 0.253 e. The van der Waals surface area contributed by atoms with E-state index in [0.717, 1.165) is 17.0 Å². The van der Waals surface area contributed by atoms with Gasteiger partial charge in [0.15, 0.2) is 5.78 Å². The summed E-state index contributed by atoms with van der Waals surface area (Å²) in [6, 6.07) is 6.34. The predicted octanol–water partition coefficient (Wildman–Crippen LogP) is 3.29. The number of Topliss-reactive ketones (excluding diaryl/α,β-unsaturated/α-hetero) is 1. The second-order valence-corrected chi connectivity index (χ2v) is 6.98. The average molecular weight is 342 g/mol. The van der Waals surface area contributed by atoms with Crippen LogP contribution in [0.25, 0.3) is 5.78 Å². The molecule has 7 heteroatoms. The Kier molecular flexibility index (Phi) is 3.80. The first-order chi connectivity index (χ1) is 11.6. The van der Waals surface area contributed by atoms with E-state index in [9.17, 15) is 9.18 Å². The maximum atomic E-state index is 13.1. The Labute approximate surface area is 142 Å². The van der Waals surface area contributed by atoms with Crippen molar-refractivity contribution >= 4 is 23.3 Å². The molecule has 0 unspecified atom stereocenters. The van der Waals surface area contributed by atoms with E-state index in [1.54, 1.807) is 22.8 Å². The van der Waals surface area contributed by atoms with Gasteiger partial charge in [0.1, 0.15) is 5.82 Å². The molecule has 5 nitrogen and oxygen atoms in total. The molecule has 2 heterocycles. The highest BCUT2D eigenvalue weighted by atomic mass is 32.2. The van der Waals surface area contributed by atoms with E-state index in [1.807, 2.05) is 6.92 Å². The quantitative estimate of drug-likeness (QED) is 0.684. The number of rotatable bonds is 3. The van der Waals surface area contributed by atoms with Crippen LogP contribution in [-0.4, -0.2) is 31.1 Å². The van der Waals surface area contributed by atoms with E-state index >= 15 is 0 Å². The summed E-state index contributed by atoms with van der Waals surface area (Å²) in [6.45, 7) is 2.03. The summed E-state index contributed by atoms with van der Waals surface area (Å²) in [7, 11) is 0. The number of halogens is 1. The number of hydrogen-bond donors (Lipinski definition) is 0. The Hall–Kier alpha value is -2.28. The van der Waals surface area contributed by atoms with Crippen LogP contribution in [-0.2, 0) is 6.42 Å². The first kappa shape index (κ1) is 15.3. The van der Waals surface area contributed by atoms with Crippen molar-refractivity contribution in [3.05, 3.63) is 53.1 Å². The lowest BCUT2D eigenvalue weighted by Gasteiger charge is -2.23. The molecule has 0 amide bonds. The number of fused-ring (bicyclic) bond motifs is 2. The summed E-state index contributed by atoms with van der Waals surface area (Å²) in [4.78, 5) is 21.5. The number of ketones is 1. The van der Waals surface area contributed by atoms with Crippen molar-refractivity contribution in [3.8, 4) is 0 Å². The molecular weight excluding hydrogens is 327 g/mol. The lowest BCUT2D eigenvalue weighted by atomic mass is 9.82. The maximum Gasteiger partial charge on any atom is 0.253 e. The number of benzene rings is 1. The largest absolute Gasteiger partial charge is 0.294 e. The van der Waals surface area contributed by atoms with Crippen molar-refractivity contribution in [1.82, 2.24) is 19.6 Å². The van der Waals surface area contributed by atoms with Crippen LogP contribution in [0.3, 0.4) is 0 Å². The van der Waals surface area contributed by atoms with Gasteiger partial charge in [0.2, 0.25) is 5.16 Å². The van der Waals surface area contributed by atoms with Crippen LogP contribution in [0, 0.1) is 5.82 Å². The van der Waals surface area contributed by atoms with E-state index in [0.29, 0.717) is 29.3 Å². The lowest BCUT2D eigenvalue weighted by molar-refractivity contribution is 0.0962. The van der Waals surface area contributed by atoms with Gasteiger partial charge in [-0.15, -0.1) is 5.10 Å². The van der Waals surface area contributed by atoms with E-state index in [-0.39, 0.29) is 17.5 Å². The van der Waals surface area contributed by atoms with E-state index < -0.39 is 0 Å². The summed E-state index contributed by atoms with van der Waals surface area (Å²) in [6.07, 6.45) is 2.77. The fourth-order valence-electron chi connectivity index (χ4n) is 3.03. The van der Waals surface area contributed by atoms with Crippen molar-refractivity contribution in [2.45, 2.75) is 30.8 Å². The summed E-state index contributed by atoms with van der Waals surface area (Å²) in [5.41, 5.74) is 2.31. The van der Waals surface area contributed by atoms with Crippen LogP contribution in [0.15, 0.2) is 35.6 Å². The molecule has 122 valence electrons. The first-order valence-electron chi connectivity index (χ1n) is 7.82. The molecule has 3 aromatic rings. The number of aromatic nitrogens is 4. The van der Waals surface area contributed by atoms with E-state index in [4.69, 9.17) is 0 Å². The summed E-state index contributed by atoms with van der Waals surface area (Å²) in [5, 5.41) is 5.01. The normalized spacial score (nSPS) is 17.2. The SMILES string of the molecule is CCSc1nc2nc3c(cn2n1)C(=O)C[C@@H](c1ccc(F)cc1)C3. The fourth-order valence-corrected chi connectivity index (χ4v) is 3.58. The van der Waals surface area contributed by atoms with Crippen molar-refractivity contribution in [2.24, 2.45) is 0 Å². The monoisotopic (exact) mass is 342 g/mol. The molecule has 1 atom stereocenters. The standard InChI is InChI=1S/C17H15FN4OS/c1-2-24-17-20-16-19-14-7-11(10-3-5-12(18)6-4-10)8-15(23)13(14)9-22(16)21-17/h3-6,9,11H,2,7-8H2,1H3/t11-/m0/s1. The number of carbonyl (C=O) groups is 1. The summed E-state index contributed by atoms with van der Waals surface area (Å²) >= 11 is 1.54. The second kappa shape index (κ2) is 5.98. The molecule has 2 aromatic heterocycles. The highest BCUT2D eigenvalue weighted by Crippen LogP contribution is 2.32. The second-order valence-electron chi connectivity index (χ2n) is 5.75. The van der Waals surface area contributed by atoms with Gasteiger partial charge >= 0.3 is 0 Å². The molecule has 0 saturated heterocycles. The van der Waals surface area contributed by atoms with Crippen molar-refractivity contribution in [1.29, 1.82) is 0 Å². The molecule has 4 rings (SSSR count). The molecule has 0 fully saturated rings. The molecule has 24 heavy (non-hydrogen) atoms. The molecule has 0 bridgehead atoms. The predicted molar refractivity (Wildman–Crippen MR) is 89.0 cm³/mol. The number of nitrogens with zero attached hydrogens (tertiary/aromatic N) is 4. The van der Waals surface area contributed by atoms with Crippen LogP contribution in [0.5, 0.6) is 0 Å². The Balaban J connectivity index is 1.72.